The predicted molar refractivity (Wildman–Crippen MR) is 55.5 cm³/mol. The molecule has 2 saturated heterocycles. The van der Waals surface area contributed by atoms with Gasteiger partial charge in [-0.15, -0.1) is 12.4 Å². The van der Waals surface area contributed by atoms with Crippen LogP contribution in [-0.4, -0.2) is 50.3 Å². The van der Waals surface area contributed by atoms with Gasteiger partial charge < -0.3 is 10.1 Å². The summed E-state index contributed by atoms with van der Waals surface area (Å²) < 4.78 is 5.21. The van der Waals surface area contributed by atoms with Gasteiger partial charge in [0.2, 0.25) is 0 Å². The van der Waals surface area contributed by atoms with Crippen LogP contribution < -0.4 is 5.32 Å². The highest BCUT2D eigenvalue weighted by Crippen LogP contribution is 2.21. The van der Waals surface area contributed by atoms with Gasteiger partial charge in [-0.25, -0.2) is 0 Å². The van der Waals surface area contributed by atoms with Gasteiger partial charge in [0.15, 0.2) is 0 Å². The maximum atomic E-state index is 5.21. The maximum absolute atomic E-state index is 5.21. The number of methoxy groups -OCH3 is 1. The lowest BCUT2D eigenvalue weighted by atomic mass is 10.1. The Morgan fingerprint density at radius 2 is 2.23 bits per heavy atom. The monoisotopic (exact) mass is 206 g/mol. The molecule has 2 rings (SSSR count). The molecular weight excluding hydrogens is 188 g/mol. The Morgan fingerprint density at radius 1 is 1.46 bits per heavy atom. The van der Waals surface area contributed by atoms with Crippen LogP contribution in [0.2, 0.25) is 0 Å². The standard InChI is InChI=1S/C9H18N2O.ClH/c1-12-7-8-3-2-4-11(8)9-5-10-6-9;/h8-10H,2-7H2,1H3;1H. The molecule has 0 radical (unpaired) electrons. The van der Waals surface area contributed by atoms with Crippen LogP contribution in [0, 0.1) is 0 Å². The topological polar surface area (TPSA) is 24.5 Å². The van der Waals surface area contributed by atoms with Crippen molar-refractivity contribution >= 4 is 12.4 Å². The second-order valence-electron chi connectivity index (χ2n) is 3.80. The zero-order chi connectivity index (χ0) is 8.39. The first-order valence-electron chi connectivity index (χ1n) is 4.87. The SMILES string of the molecule is COCC1CCCN1C1CNC1.Cl. The van der Waals surface area contributed by atoms with Crippen LogP contribution >= 0.6 is 12.4 Å². The van der Waals surface area contributed by atoms with E-state index < -0.39 is 0 Å². The second kappa shape index (κ2) is 5.15. The van der Waals surface area contributed by atoms with E-state index in [4.69, 9.17) is 4.74 Å². The number of halogens is 1. The number of ether oxygens (including phenoxy) is 1. The molecule has 2 fully saturated rings. The fourth-order valence-electron chi connectivity index (χ4n) is 2.22. The summed E-state index contributed by atoms with van der Waals surface area (Å²) in [6.45, 7) is 4.55. The van der Waals surface area contributed by atoms with E-state index in [1.807, 2.05) is 0 Å². The molecule has 1 unspecified atom stereocenters. The molecule has 2 aliphatic rings. The third kappa shape index (κ3) is 2.34. The van der Waals surface area contributed by atoms with Crippen LogP contribution in [0.25, 0.3) is 0 Å². The molecule has 0 aliphatic carbocycles. The average molecular weight is 207 g/mol. The summed E-state index contributed by atoms with van der Waals surface area (Å²) in [7, 11) is 1.80. The number of nitrogens with zero attached hydrogens (tertiary/aromatic N) is 1. The molecule has 1 atom stereocenters. The lowest BCUT2D eigenvalue weighted by Crippen LogP contribution is -2.58. The van der Waals surface area contributed by atoms with E-state index in [-0.39, 0.29) is 12.4 Å². The lowest BCUT2D eigenvalue weighted by Gasteiger charge is -2.39. The fraction of sp³-hybridized carbons (Fsp3) is 1.00. The van der Waals surface area contributed by atoms with E-state index in [0.717, 1.165) is 12.6 Å². The molecule has 0 bridgehead atoms. The Bertz CT molecular complexity index is 153. The third-order valence-electron chi connectivity index (χ3n) is 3.01. The van der Waals surface area contributed by atoms with E-state index in [1.54, 1.807) is 7.11 Å². The van der Waals surface area contributed by atoms with Crippen molar-refractivity contribution in [2.24, 2.45) is 0 Å². The molecule has 1 N–H and O–H groups in total. The summed E-state index contributed by atoms with van der Waals surface area (Å²) in [6.07, 6.45) is 2.68. The molecule has 0 spiro atoms. The molecule has 4 heteroatoms. The normalized spacial score (nSPS) is 29.8. The van der Waals surface area contributed by atoms with Crippen molar-refractivity contribution in [1.82, 2.24) is 10.2 Å². The van der Waals surface area contributed by atoms with Gasteiger partial charge in [0.05, 0.1) is 6.61 Å². The fourth-order valence-corrected chi connectivity index (χ4v) is 2.22. The van der Waals surface area contributed by atoms with E-state index in [0.29, 0.717) is 6.04 Å². The highest BCUT2D eigenvalue weighted by molar-refractivity contribution is 5.85. The van der Waals surface area contributed by atoms with Gasteiger partial charge in [-0.05, 0) is 19.4 Å². The van der Waals surface area contributed by atoms with Crippen molar-refractivity contribution in [3.05, 3.63) is 0 Å². The molecule has 0 aromatic heterocycles. The van der Waals surface area contributed by atoms with E-state index in [9.17, 15) is 0 Å². The third-order valence-corrected chi connectivity index (χ3v) is 3.01. The number of hydrogen-bond donors (Lipinski definition) is 1. The van der Waals surface area contributed by atoms with Gasteiger partial charge in [-0.1, -0.05) is 0 Å². The summed E-state index contributed by atoms with van der Waals surface area (Å²) in [5, 5.41) is 3.32. The van der Waals surface area contributed by atoms with Crippen LogP contribution in [0.5, 0.6) is 0 Å². The zero-order valence-corrected chi connectivity index (χ0v) is 8.98. The summed E-state index contributed by atoms with van der Waals surface area (Å²) >= 11 is 0. The molecule has 3 nitrogen and oxygen atoms in total. The number of hydrogen-bond acceptors (Lipinski definition) is 3. The minimum Gasteiger partial charge on any atom is -0.383 e. The van der Waals surface area contributed by atoms with Crippen molar-refractivity contribution in [1.29, 1.82) is 0 Å². The summed E-state index contributed by atoms with van der Waals surface area (Å²) in [6, 6.07) is 1.50. The van der Waals surface area contributed by atoms with Crippen LogP contribution in [0.15, 0.2) is 0 Å². The minimum atomic E-state index is 0. The Balaban J connectivity index is 0.000000845. The smallest absolute Gasteiger partial charge is 0.0618 e. The van der Waals surface area contributed by atoms with Gasteiger partial charge in [0.1, 0.15) is 0 Å². The van der Waals surface area contributed by atoms with E-state index in [2.05, 4.69) is 10.2 Å². The van der Waals surface area contributed by atoms with Crippen LogP contribution in [-0.2, 0) is 4.74 Å². The predicted octanol–water partition coefficient (Wildman–Crippen LogP) is 0.491. The maximum Gasteiger partial charge on any atom is 0.0618 e. The number of rotatable bonds is 3. The summed E-state index contributed by atoms with van der Waals surface area (Å²) in [5.41, 5.74) is 0. The Kier molecular flexibility index (Phi) is 4.46. The molecule has 78 valence electrons. The molecule has 2 aliphatic heterocycles. The molecular formula is C9H19ClN2O. The molecule has 13 heavy (non-hydrogen) atoms. The summed E-state index contributed by atoms with van der Waals surface area (Å²) in [4.78, 5) is 2.61. The van der Waals surface area contributed by atoms with Gasteiger partial charge in [-0.3, -0.25) is 4.90 Å². The van der Waals surface area contributed by atoms with Crippen molar-refractivity contribution < 1.29 is 4.74 Å². The lowest BCUT2D eigenvalue weighted by molar-refractivity contribution is 0.0698. The minimum absolute atomic E-state index is 0. The Labute approximate surface area is 86.2 Å². The first kappa shape index (κ1) is 11.2. The molecule has 0 aromatic carbocycles. The molecule has 0 amide bonds. The first-order valence-corrected chi connectivity index (χ1v) is 4.87. The number of likely N-dealkylation sites (tertiary alicyclic amines) is 1. The Morgan fingerprint density at radius 3 is 2.77 bits per heavy atom. The number of nitrogens with one attached hydrogen (secondary N) is 1. The zero-order valence-electron chi connectivity index (χ0n) is 8.16. The van der Waals surface area contributed by atoms with E-state index >= 15 is 0 Å². The van der Waals surface area contributed by atoms with Gasteiger partial charge in [0.25, 0.3) is 0 Å². The van der Waals surface area contributed by atoms with Crippen LogP contribution in [0.1, 0.15) is 12.8 Å². The van der Waals surface area contributed by atoms with Crippen molar-refractivity contribution in [3.63, 3.8) is 0 Å². The van der Waals surface area contributed by atoms with Crippen molar-refractivity contribution in [2.45, 2.75) is 24.9 Å². The molecule has 0 aromatic rings. The average Bonchev–Trinajstić information content (AvgIpc) is 2.35. The molecule has 0 saturated carbocycles. The quantitative estimate of drug-likeness (QED) is 0.728. The van der Waals surface area contributed by atoms with E-state index in [1.165, 1.54) is 32.5 Å². The summed E-state index contributed by atoms with van der Waals surface area (Å²) in [5.74, 6) is 0. The van der Waals surface area contributed by atoms with Crippen LogP contribution in [0.3, 0.4) is 0 Å². The Hall–Kier alpha value is 0.170. The van der Waals surface area contributed by atoms with Crippen molar-refractivity contribution in [2.75, 3.05) is 33.4 Å². The highest BCUT2D eigenvalue weighted by atomic mass is 35.5. The van der Waals surface area contributed by atoms with Gasteiger partial charge in [-0.2, -0.15) is 0 Å². The highest BCUT2D eigenvalue weighted by Gasteiger charge is 2.33. The molecule has 2 heterocycles. The largest absolute Gasteiger partial charge is 0.383 e. The van der Waals surface area contributed by atoms with Gasteiger partial charge >= 0.3 is 0 Å². The second-order valence-corrected chi connectivity index (χ2v) is 3.80. The van der Waals surface area contributed by atoms with Crippen molar-refractivity contribution in [3.8, 4) is 0 Å². The van der Waals surface area contributed by atoms with Crippen LogP contribution in [0.4, 0.5) is 0 Å². The first-order chi connectivity index (χ1) is 5.92. The van der Waals surface area contributed by atoms with Gasteiger partial charge in [0, 0.05) is 32.3 Å².